The normalized spacial score (nSPS) is 11.9. The second-order valence-corrected chi connectivity index (χ2v) is 6.58. The number of hydrogen-bond donors (Lipinski definition) is 1. The molecule has 0 fully saturated rings. The lowest BCUT2D eigenvalue weighted by molar-refractivity contribution is 0.661. The second kappa shape index (κ2) is 6.79. The predicted octanol–water partition coefficient (Wildman–Crippen LogP) is 2.94. The third-order valence-electron chi connectivity index (χ3n) is 2.93. The first-order valence-corrected chi connectivity index (χ1v) is 7.71. The van der Waals surface area contributed by atoms with Crippen LogP contribution >= 0.6 is 22.9 Å². The zero-order valence-corrected chi connectivity index (χ0v) is 13.5. The molecule has 6 heteroatoms. The number of nitrogens with zero attached hydrogens (tertiary/aromatic N) is 2. The van der Waals surface area contributed by atoms with Gasteiger partial charge in [-0.15, -0.1) is 17.8 Å². The van der Waals surface area contributed by atoms with Crippen molar-refractivity contribution < 1.29 is 0 Å². The zero-order valence-electron chi connectivity index (χ0n) is 11.9. The Labute approximate surface area is 132 Å². The second-order valence-electron chi connectivity index (χ2n) is 4.80. The minimum absolute atomic E-state index is 0.0786. The van der Waals surface area contributed by atoms with Crippen LogP contribution in [0.25, 0.3) is 0 Å². The van der Waals surface area contributed by atoms with Gasteiger partial charge in [0.2, 0.25) is 0 Å². The monoisotopic (exact) mass is 321 g/mol. The molecule has 0 aliphatic carbocycles. The van der Waals surface area contributed by atoms with Crippen LogP contribution in [0.3, 0.4) is 0 Å². The van der Waals surface area contributed by atoms with Crippen LogP contribution in [0, 0.1) is 19.3 Å². The van der Waals surface area contributed by atoms with E-state index < -0.39 is 0 Å². The van der Waals surface area contributed by atoms with Crippen molar-refractivity contribution in [2.24, 2.45) is 0 Å². The number of rotatable bonds is 5. The number of aryl methyl sites for hydroxylation is 1. The van der Waals surface area contributed by atoms with Crippen molar-refractivity contribution in [3.8, 4) is 12.3 Å². The molecule has 0 amide bonds. The van der Waals surface area contributed by atoms with E-state index in [1.807, 2.05) is 6.92 Å². The molecule has 2 rings (SSSR count). The highest BCUT2D eigenvalue weighted by atomic mass is 35.5. The molecule has 4 nitrogen and oxygen atoms in total. The molecule has 110 valence electrons. The van der Waals surface area contributed by atoms with Crippen molar-refractivity contribution in [1.82, 2.24) is 9.78 Å². The molecular formula is C15H16ClN3OS. The minimum Gasteiger partial charge on any atom is -0.376 e. The van der Waals surface area contributed by atoms with Crippen molar-refractivity contribution in [3.63, 3.8) is 0 Å². The molecule has 0 saturated heterocycles. The Balaban J connectivity index is 2.17. The molecular weight excluding hydrogens is 306 g/mol. The van der Waals surface area contributed by atoms with Crippen LogP contribution in [0.15, 0.2) is 23.1 Å². The number of halogens is 1. The summed E-state index contributed by atoms with van der Waals surface area (Å²) in [5.74, 6) is 2.40. The molecule has 2 aromatic rings. The average Bonchev–Trinajstić information content (AvgIpc) is 2.83. The number of anilines is 1. The van der Waals surface area contributed by atoms with E-state index in [-0.39, 0.29) is 18.1 Å². The highest BCUT2D eigenvalue weighted by Crippen LogP contribution is 2.20. The molecule has 0 saturated carbocycles. The maximum atomic E-state index is 12.2. The SMILES string of the molecule is C#CCn1ncc(Cl)c(NC(C)Cc2ccc(C)s2)c1=O. The highest BCUT2D eigenvalue weighted by Gasteiger charge is 2.13. The van der Waals surface area contributed by atoms with Crippen LogP contribution < -0.4 is 10.9 Å². The number of nitrogens with one attached hydrogen (secondary N) is 1. The summed E-state index contributed by atoms with van der Waals surface area (Å²) in [6.07, 6.45) is 7.48. The maximum absolute atomic E-state index is 12.2. The fourth-order valence-electron chi connectivity index (χ4n) is 1.99. The molecule has 0 bridgehead atoms. The number of thiophene rings is 1. The fraction of sp³-hybridized carbons (Fsp3) is 0.333. The summed E-state index contributed by atoms with van der Waals surface area (Å²) in [7, 11) is 0. The van der Waals surface area contributed by atoms with E-state index >= 15 is 0 Å². The molecule has 0 aliphatic rings. The number of hydrogen-bond acceptors (Lipinski definition) is 4. The summed E-state index contributed by atoms with van der Waals surface area (Å²) in [5, 5.41) is 7.39. The van der Waals surface area contributed by atoms with Gasteiger partial charge in [0.05, 0.1) is 11.2 Å². The largest absolute Gasteiger partial charge is 0.376 e. The van der Waals surface area contributed by atoms with Crippen LogP contribution in [-0.2, 0) is 13.0 Å². The van der Waals surface area contributed by atoms with Crippen molar-refractivity contribution in [2.75, 3.05) is 5.32 Å². The van der Waals surface area contributed by atoms with E-state index in [4.69, 9.17) is 18.0 Å². The minimum atomic E-state index is -0.297. The predicted molar refractivity (Wildman–Crippen MR) is 88.2 cm³/mol. The topological polar surface area (TPSA) is 46.9 Å². The van der Waals surface area contributed by atoms with Crippen LogP contribution in [0.1, 0.15) is 16.7 Å². The van der Waals surface area contributed by atoms with Gasteiger partial charge in [0.15, 0.2) is 0 Å². The molecule has 2 heterocycles. The van der Waals surface area contributed by atoms with Gasteiger partial charge in [-0.1, -0.05) is 17.5 Å². The van der Waals surface area contributed by atoms with Gasteiger partial charge in [0.25, 0.3) is 5.56 Å². The van der Waals surface area contributed by atoms with Gasteiger partial charge in [-0.3, -0.25) is 4.79 Å². The molecule has 0 spiro atoms. The van der Waals surface area contributed by atoms with Gasteiger partial charge in [0, 0.05) is 22.2 Å². The van der Waals surface area contributed by atoms with Crippen LogP contribution in [-0.4, -0.2) is 15.8 Å². The molecule has 21 heavy (non-hydrogen) atoms. The summed E-state index contributed by atoms with van der Waals surface area (Å²) in [6.45, 7) is 4.21. The van der Waals surface area contributed by atoms with Gasteiger partial charge < -0.3 is 5.32 Å². The van der Waals surface area contributed by atoms with E-state index in [9.17, 15) is 4.79 Å². The molecule has 1 N–H and O–H groups in total. The third-order valence-corrected chi connectivity index (χ3v) is 4.24. The lowest BCUT2D eigenvalue weighted by Crippen LogP contribution is -2.29. The van der Waals surface area contributed by atoms with E-state index in [0.29, 0.717) is 10.7 Å². The Hall–Kier alpha value is -1.77. The zero-order chi connectivity index (χ0) is 15.4. The van der Waals surface area contributed by atoms with Crippen molar-refractivity contribution in [3.05, 3.63) is 43.5 Å². The molecule has 2 aromatic heterocycles. The van der Waals surface area contributed by atoms with Crippen LogP contribution in [0.4, 0.5) is 5.69 Å². The molecule has 1 atom stereocenters. The molecule has 0 aromatic carbocycles. The van der Waals surface area contributed by atoms with Gasteiger partial charge in [-0.2, -0.15) is 5.10 Å². The summed E-state index contributed by atoms with van der Waals surface area (Å²) >= 11 is 7.82. The molecule has 0 aliphatic heterocycles. The van der Waals surface area contributed by atoms with E-state index in [1.54, 1.807) is 11.3 Å². The maximum Gasteiger partial charge on any atom is 0.292 e. The fourth-order valence-corrected chi connectivity index (χ4v) is 3.19. The molecule has 0 radical (unpaired) electrons. The Morgan fingerprint density at radius 1 is 1.57 bits per heavy atom. The Morgan fingerprint density at radius 2 is 2.33 bits per heavy atom. The first-order chi connectivity index (χ1) is 10.0. The smallest absolute Gasteiger partial charge is 0.292 e. The van der Waals surface area contributed by atoms with Crippen LogP contribution in [0.5, 0.6) is 0 Å². The van der Waals surface area contributed by atoms with Gasteiger partial charge >= 0.3 is 0 Å². The number of terminal acetylenes is 1. The standard InChI is InChI=1S/C15H16ClN3OS/c1-4-7-19-15(20)14(13(16)9-17-19)18-10(2)8-12-6-5-11(3)21-12/h1,5-6,9-10,18H,7-8H2,2-3H3. The van der Waals surface area contributed by atoms with Crippen LogP contribution in [0.2, 0.25) is 5.02 Å². The van der Waals surface area contributed by atoms with Gasteiger partial charge in [-0.25, -0.2) is 4.68 Å². The summed E-state index contributed by atoms with van der Waals surface area (Å²) in [5.41, 5.74) is 0.0531. The lowest BCUT2D eigenvalue weighted by Gasteiger charge is -2.15. The van der Waals surface area contributed by atoms with E-state index in [1.165, 1.54) is 20.6 Å². The average molecular weight is 322 g/mol. The highest BCUT2D eigenvalue weighted by molar-refractivity contribution is 7.11. The Bertz CT molecular complexity index is 729. The lowest BCUT2D eigenvalue weighted by atomic mass is 10.2. The summed E-state index contributed by atoms with van der Waals surface area (Å²) in [4.78, 5) is 14.8. The third kappa shape index (κ3) is 3.87. The van der Waals surface area contributed by atoms with E-state index in [2.05, 4.69) is 35.4 Å². The van der Waals surface area contributed by atoms with Crippen molar-refractivity contribution >= 4 is 28.6 Å². The van der Waals surface area contributed by atoms with Crippen molar-refractivity contribution in [2.45, 2.75) is 32.9 Å². The summed E-state index contributed by atoms with van der Waals surface area (Å²) in [6, 6.07) is 4.27. The Kier molecular flexibility index (Phi) is 5.05. The number of aromatic nitrogens is 2. The van der Waals surface area contributed by atoms with Gasteiger partial charge in [-0.05, 0) is 26.0 Å². The quantitative estimate of drug-likeness (QED) is 0.861. The first-order valence-electron chi connectivity index (χ1n) is 6.52. The molecule has 1 unspecified atom stereocenters. The first kappa shape index (κ1) is 15.6. The van der Waals surface area contributed by atoms with E-state index in [0.717, 1.165) is 6.42 Å². The summed E-state index contributed by atoms with van der Waals surface area (Å²) < 4.78 is 1.22. The van der Waals surface area contributed by atoms with Gasteiger partial charge in [0.1, 0.15) is 12.2 Å². The van der Waals surface area contributed by atoms with Crippen molar-refractivity contribution in [1.29, 1.82) is 0 Å². The Morgan fingerprint density at radius 3 is 2.95 bits per heavy atom.